The van der Waals surface area contributed by atoms with Crippen molar-refractivity contribution in [1.29, 1.82) is 0 Å². The molecule has 0 aliphatic rings. The van der Waals surface area contributed by atoms with Crippen molar-refractivity contribution in [1.82, 2.24) is 0 Å². The number of para-hydroxylation sites is 1. The molecule has 0 aliphatic heterocycles. The third-order valence-electron chi connectivity index (χ3n) is 2.39. The number of anilines is 1. The Labute approximate surface area is 101 Å². The summed E-state index contributed by atoms with van der Waals surface area (Å²) >= 11 is 0. The van der Waals surface area contributed by atoms with Gasteiger partial charge >= 0.3 is 0 Å². The first-order chi connectivity index (χ1) is 8.36. The lowest BCUT2D eigenvalue weighted by Crippen LogP contribution is -1.99. The monoisotopic (exact) mass is 227 g/mol. The second-order valence-corrected chi connectivity index (χ2v) is 3.67. The Balaban J connectivity index is 1.88. The summed E-state index contributed by atoms with van der Waals surface area (Å²) in [5.74, 6) is -0.222. The Bertz CT molecular complexity index is 491. The van der Waals surface area contributed by atoms with Crippen LogP contribution in [0.3, 0.4) is 0 Å². The van der Waals surface area contributed by atoms with E-state index in [0.29, 0.717) is 12.2 Å². The van der Waals surface area contributed by atoms with Crippen molar-refractivity contribution in [3.63, 3.8) is 0 Å². The number of rotatable bonds is 4. The van der Waals surface area contributed by atoms with Crippen LogP contribution in [0.4, 0.5) is 10.1 Å². The van der Waals surface area contributed by atoms with Gasteiger partial charge in [0.1, 0.15) is 5.82 Å². The van der Waals surface area contributed by atoms with Crippen LogP contribution >= 0.6 is 0 Å². The molecule has 0 amide bonds. The molecule has 0 bridgehead atoms. The van der Waals surface area contributed by atoms with Gasteiger partial charge in [0, 0.05) is 6.54 Å². The number of benzene rings is 2. The van der Waals surface area contributed by atoms with Crippen LogP contribution in [0.1, 0.15) is 5.56 Å². The van der Waals surface area contributed by atoms with Gasteiger partial charge in [-0.05, 0) is 17.7 Å². The maximum atomic E-state index is 13.3. The summed E-state index contributed by atoms with van der Waals surface area (Å²) in [6.07, 6.45) is 3.98. The molecule has 0 unspecified atom stereocenters. The van der Waals surface area contributed by atoms with Gasteiger partial charge in [0.05, 0.1) is 5.69 Å². The lowest BCUT2D eigenvalue weighted by Gasteiger charge is -2.03. The molecule has 17 heavy (non-hydrogen) atoms. The molecule has 0 atom stereocenters. The molecule has 0 saturated carbocycles. The summed E-state index contributed by atoms with van der Waals surface area (Å²) in [5.41, 5.74) is 1.67. The molecule has 2 aromatic carbocycles. The van der Waals surface area contributed by atoms with Crippen LogP contribution < -0.4 is 5.32 Å². The molecule has 1 nitrogen and oxygen atoms in total. The highest BCUT2D eigenvalue weighted by Crippen LogP contribution is 2.11. The second kappa shape index (κ2) is 5.85. The van der Waals surface area contributed by atoms with Crippen LogP contribution in [0.25, 0.3) is 6.08 Å². The third kappa shape index (κ3) is 3.45. The van der Waals surface area contributed by atoms with Crippen molar-refractivity contribution in [2.24, 2.45) is 0 Å². The Morgan fingerprint density at radius 3 is 2.41 bits per heavy atom. The number of hydrogen-bond acceptors (Lipinski definition) is 1. The van der Waals surface area contributed by atoms with Crippen LogP contribution in [0.5, 0.6) is 0 Å². The zero-order valence-corrected chi connectivity index (χ0v) is 9.44. The van der Waals surface area contributed by atoms with Crippen molar-refractivity contribution in [3.8, 4) is 0 Å². The largest absolute Gasteiger partial charge is 0.379 e. The van der Waals surface area contributed by atoms with Gasteiger partial charge in [-0.25, -0.2) is 4.39 Å². The highest BCUT2D eigenvalue weighted by atomic mass is 19.1. The molecule has 2 heteroatoms. The smallest absolute Gasteiger partial charge is 0.146 e. The highest BCUT2D eigenvalue weighted by molar-refractivity contribution is 5.51. The zero-order chi connectivity index (χ0) is 11.9. The molecule has 2 rings (SSSR count). The molecule has 0 radical (unpaired) electrons. The minimum absolute atomic E-state index is 0.222. The van der Waals surface area contributed by atoms with Gasteiger partial charge in [-0.15, -0.1) is 0 Å². The van der Waals surface area contributed by atoms with Crippen LogP contribution in [0.15, 0.2) is 60.7 Å². The molecule has 0 spiro atoms. The van der Waals surface area contributed by atoms with Gasteiger partial charge < -0.3 is 5.32 Å². The average molecular weight is 227 g/mol. The fourth-order valence-corrected chi connectivity index (χ4v) is 1.53. The van der Waals surface area contributed by atoms with Gasteiger partial charge in [-0.2, -0.15) is 0 Å². The summed E-state index contributed by atoms with van der Waals surface area (Å²) in [4.78, 5) is 0. The van der Waals surface area contributed by atoms with E-state index >= 15 is 0 Å². The van der Waals surface area contributed by atoms with E-state index in [9.17, 15) is 4.39 Å². The quantitative estimate of drug-likeness (QED) is 0.833. The van der Waals surface area contributed by atoms with Crippen LogP contribution in [0.2, 0.25) is 0 Å². The van der Waals surface area contributed by atoms with Crippen LogP contribution in [-0.4, -0.2) is 6.54 Å². The number of halogens is 1. The molecule has 1 N–H and O–H groups in total. The van der Waals surface area contributed by atoms with E-state index in [-0.39, 0.29) is 5.82 Å². The average Bonchev–Trinajstić information content (AvgIpc) is 2.38. The van der Waals surface area contributed by atoms with Crippen molar-refractivity contribution >= 4 is 11.8 Å². The topological polar surface area (TPSA) is 12.0 Å². The van der Waals surface area contributed by atoms with E-state index in [4.69, 9.17) is 0 Å². The van der Waals surface area contributed by atoms with E-state index in [0.717, 1.165) is 5.56 Å². The van der Waals surface area contributed by atoms with E-state index in [2.05, 4.69) is 5.32 Å². The second-order valence-electron chi connectivity index (χ2n) is 3.67. The summed E-state index contributed by atoms with van der Waals surface area (Å²) in [5, 5.41) is 3.02. The Kier molecular flexibility index (Phi) is 3.92. The van der Waals surface area contributed by atoms with Gasteiger partial charge in [-0.1, -0.05) is 54.6 Å². The Morgan fingerprint density at radius 1 is 0.941 bits per heavy atom. The van der Waals surface area contributed by atoms with Crippen molar-refractivity contribution < 1.29 is 4.39 Å². The highest BCUT2D eigenvalue weighted by Gasteiger charge is 1.96. The lowest BCUT2D eigenvalue weighted by atomic mass is 10.2. The minimum Gasteiger partial charge on any atom is -0.379 e. The number of hydrogen-bond donors (Lipinski definition) is 1. The number of nitrogens with one attached hydrogen (secondary N) is 1. The molecule has 2 aromatic rings. The zero-order valence-electron chi connectivity index (χ0n) is 9.44. The van der Waals surface area contributed by atoms with Crippen molar-refractivity contribution in [2.45, 2.75) is 0 Å². The fraction of sp³-hybridized carbons (Fsp3) is 0.0667. The first-order valence-electron chi connectivity index (χ1n) is 5.56. The Morgan fingerprint density at radius 2 is 1.65 bits per heavy atom. The molecular weight excluding hydrogens is 213 g/mol. The summed E-state index contributed by atoms with van der Waals surface area (Å²) in [6, 6.07) is 16.7. The summed E-state index contributed by atoms with van der Waals surface area (Å²) in [6.45, 7) is 0.607. The molecule has 0 fully saturated rings. The van der Waals surface area contributed by atoms with E-state index < -0.39 is 0 Å². The van der Waals surface area contributed by atoms with E-state index in [1.54, 1.807) is 12.1 Å². The maximum absolute atomic E-state index is 13.3. The molecule has 86 valence electrons. The summed E-state index contributed by atoms with van der Waals surface area (Å²) < 4.78 is 13.3. The predicted octanol–water partition coefficient (Wildman–Crippen LogP) is 3.95. The summed E-state index contributed by atoms with van der Waals surface area (Å²) in [7, 11) is 0. The minimum atomic E-state index is -0.222. The standard InChI is InChI=1S/C15H14FN/c16-14-10-4-5-11-15(14)17-12-6-9-13-7-2-1-3-8-13/h1-11,17H,12H2. The maximum Gasteiger partial charge on any atom is 0.146 e. The van der Waals surface area contributed by atoms with E-state index in [1.807, 2.05) is 48.6 Å². The van der Waals surface area contributed by atoms with Gasteiger partial charge in [0.25, 0.3) is 0 Å². The van der Waals surface area contributed by atoms with Crippen LogP contribution in [0, 0.1) is 5.82 Å². The van der Waals surface area contributed by atoms with Crippen molar-refractivity contribution in [3.05, 3.63) is 72.1 Å². The molecule has 0 aliphatic carbocycles. The predicted molar refractivity (Wildman–Crippen MR) is 70.4 cm³/mol. The first kappa shape index (κ1) is 11.4. The van der Waals surface area contributed by atoms with Crippen LogP contribution in [-0.2, 0) is 0 Å². The van der Waals surface area contributed by atoms with Gasteiger partial charge in [-0.3, -0.25) is 0 Å². The lowest BCUT2D eigenvalue weighted by molar-refractivity contribution is 0.631. The SMILES string of the molecule is Fc1ccccc1NCC=Cc1ccccc1. The van der Waals surface area contributed by atoms with E-state index in [1.165, 1.54) is 6.07 Å². The normalized spacial score (nSPS) is 10.6. The van der Waals surface area contributed by atoms with Crippen molar-refractivity contribution in [2.75, 3.05) is 11.9 Å². The molecular formula is C15H14FN. The molecule has 0 saturated heterocycles. The van der Waals surface area contributed by atoms with Gasteiger partial charge in [0.15, 0.2) is 0 Å². The third-order valence-corrected chi connectivity index (χ3v) is 2.39. The first-order valence-corrected chi connectivity index (χ1v) is 5.56. The Hall–Kier alpha value is -2.09. The fourth-order valence-electron chi connectivity index (χ4n) is 1.53. The van der Waals surface area contributed by atoms with Gasteiger partial charge in [0.2, 0.25) is 0 Å². The molecule has 0 heterocycles. The molecule has 0 aromatic heterocycles.